The van der Waals surface area contributed by atoms with Crippen LogP contribution in [0.15, 0.2) is 35.7 Å². The number of carboxylic acids is 1. The number of rotatable bonds is 7. The Morgan fingerprint density at radius 1 is 1.32 bits per heavy atom. The summed E-state index contributed by atoms with van der Waals surface area (Å²) < 4.78 is 0. The van der Waals surface area contributed by atoms with Crippen LogP contribution in [-0.2, 0) is 11.2 Å². The van der Waals surface area contributed by atoms with Crippen LogP contribution in [-0.4, -0.2) is 28.0 Å². The largest absolute Gasteiger partial charge is 0.480 e. The van der Waals surface area contributed by atoms with Crippen molar-refractivity contribution < 1.29 is 14.7 Å². The lowest BCUT2D eigenvalue weighted by Gasteiger charge is -2.12. The lowest BCUT2D eigenvalue weighted by Crippen LogP contribution is -2.40. The first-order valence-corrected chi connectivity index (χ1v) is 8.00. The molecular formula is C16H18N2O3S. The zero-order chi connectivity index (χ0) is 15.9. The molecule has 1 atom stereocenters. The Balaban J connectivity index is 2.01. The smallest absolute Gasteiger partial charge is 0.326 e. The second-order valence-electron chi connectivity index (χ2n) is 4.94. The van der Waals surface area contributed by atoms with E-state index in [-0.39, 0.29) is 5.69 Å². The maximum absolute atomic E-state index is 12.1. The second-order valence-corrected chi connectivity index (χ2v) is 5.88. The molecule has 1 heterocycles. The first kappa shape index (κ1) is 16.2. The number of nitrogens with one attached hydrogen (secondary N) is 1. The van der Waals surface area contributed by atoms with E-state index in [1.807, 2.05) is 37.3 Å². The summed E-state index contributed by atoms with van der Waals surface area (Å²) in [7, 11) is 0. The van der Waals surface area contributed by atoms with Gasteiger partial charge in [0.1, 0.15) is 11.7 Å². The highest BCUT2D eigenvalue weighted by Crippen LogP contribution is 2.15. The molecule has 0 aliphatic carbocycles. The Bertz CT molecular complexity index is 640. The zero-order valence-electron chi connectivity index (χ0n) is 12.3. The molecule has 1 amide bonds. The minimum Gasteiger partial charge on any atom is -0.480 e. The van der Waals surface area contributed by atoms with Crippen molar-refractivity contribution in [3.63, 3.8) is 0 Å². The summed E-state index contributed by atoms with van der Waals surface area (Å²) in [5.41, 5.74) is 1.40. The van der Waals surface area contributed by atoms with Crippen LogP contribution in [0.25, 0.3) is 0 Å². The van der Waals surface area contributed by atoms with Gasteiger partial charge in [0.05, 0.1) is 5.01 Å². The number of aliphatic carboxylic acids is 1. The molecule has 0 saturated carbocycles. The minimum atomic E-state index is -1.02. The fraction of sp³-hybridized carbons (Fsp3) is 0.312. The maximum Gasteiger partial charge on any atom is 0.326 e. The van der Waals surface area contributed by atoms with Gasteiger partial charge in [0.2, 0.25) is 0 Å². The number of thiazole rings is 1. The second kappa shape index (κ2) is 7.70. The van der Waals surface area contributed by atoms with Crippen LogP contribution in [0.4, 0.5) is 0 Å². The third-order valence-electron chi connectivity index (χ3n) is 3.16. The van der Waals surface area contributed by atoms with E-state index >= 15 is 0 Å². The Morgan fingerprint density at radius 3 is 2.68 bits per heavy atom. The van der Waals surface area contributed by atoms with Crippen molar-refractivity contribution in [2.45, 2.75) is 32.2 Å². The van der Waals surface area contributed by atoms with Gasteiger partial charge in [-0.05, 0) is 12.0 Å². The van der Waals surface area contributed by atoms with Crippen LogP contribution in [0.3, 0.4) is 0 Å². The molecule has 5 nitrogen and oxygen atoms in total. The Kier molecular flexibility index (Phi) is 5.66. The van der Waals surface area contributed by atoms with Gasteiger partial charge in [-0.2, -0.15) is 0 Å². The predicted octanol–water partition coefficient (Wildman–Crippen LogP) is 2.72. The molecule has 1 aromatic carbocycles. The molecule has 1 aromatic heterocycles. The van der Waals surface area contributed by atoms with Crippen molar-refractivity contribution in [2.75, 3.05) is 0 Å². The Labute approximate surface area is 133 Å². The number of benzene rings is 1. The lowest BCUT2D eigenvalue weighted by atomic mass is 10.1. The summed E-state index contributed by atoms with van der Waals surface area (Å²) in [5, 5.41) is 14.1. The summed E-state index contributed by atoms with van der Waals surface area (Å²) in [6.45, 7) is 1.88. The molecular weight excluding hydrogens is 300 g/mol. The summed E-state index contributed by atoms with van der Waals surface area (Å²) in [6, 6.07) is 9.00. The summed E-state index contributed by atoms with van der Waals surface area (Å²) in [4.78, 5) is 27.4. The van der Waals surface area contributed by atoms with Gasteiger partial charge in [-0.15, -0.1) is 11.3 Å². The van der Waals surface area contributed by atoms with E-state index in [2.05, 4.69) is 10.3 Å². The van der Waals surface area contributed by atoms with Gasteiger partial charge in [-0.25, -0.2) is 9.78 Å². The predicted molar refractivity (Wildman–Crippen MR) is 85.2 cm³/mol. The van der Waals surface area contributed by atoms with E-state index in [9.17, 15) is 9.59 Å². The summed E-state index contributed by atoms with van der Waals surface area (Å²) in [6.07, 6.45) is 1.76. The van der Waals surface area contributed by atoms with E-state index in [4.69, 9.17) is 5.11 Å². The molecule has 2 aromatic rings. The monoisotopic (exact) mass is 318 g/mol. The highest BCUT2D eigenvalue weighted by atomic mass is 32.1. The van der Waals surface area contributed by atoms with E-state index in [0.717, 1.165) is 10.6 Å². The number of hydrogen-bond donors (Lipinski definition) is 2. The van der Waals surface area contributed by atoms with Crippen LogP contribution >= 0.6 is 11.3 Å². The van der Waals surface area contributed by atoms with Gasteiger partial charge in [-0.3, -0.25) is 4.79 Å². The standard InChI is InChI=1S/C16H18N2O3S/c1-2-6-12(16(20)21)18-15(19)13-10-22-14(17-13)9-11-7-4-3-5-8-11/h3-5,7-8,10,12H,2,6,9H2,1H3,(H,18,19)(H,20,21). The number of carboxylic acid groups (broad SMARTS) is 1. The van der Waals surface area contributed by atoms with Gasteiger partial charge < -0.3 is 10.4 Å². The average molecular weight is 318 g/mol. The topological polar surface area (TPSA) is 79.3 Å². The van der Waals surface area contributed by atoms with E-state index < -0.39 is 17.9 Å². The molecule has 116 valence electrons. The van der Waals surface area contributed by atoms with Gasteiger partial charge in [-0.1, -0.05) is 43.7 Å². The molecule has 0 aliphatic heterocycles. The zero-order valence-corrected chi connectivity index (χ0v) is 13.1. The average Bonchev–Trinajstić information content (AvgIpc) is 2.96. The fourth-order valence-corrected chi connectivity index (χ4v) is 2.85. The van der Waals surface area contributed by atoms with Crippen molar-refractivity contribution in [3.8, 4) is 0 Å². The fourth-order valence-electron chi connectivity index (χ4n) is 2.05. The third-order valence-corrected chi connectivity index (χ3v) is 4.01. The van der Waals surface area contributed by atoms with Crippen molar-refractivity contribution in [3.05, 3.63) is 52.0 Å². The molecule has 6 heteroatoms. The number of carbonyl (C=O) groups is 2. The maximum atomic E-state index is 12.1. The van der Waals surface area contributed by atoms with Gasteiger partial charge >= 0.3 is 5.97 Å². The molecule has 2 N–H and O–H groups in total. The minimum absolute atomic E-state index is 0.276. The Hall–Kier alpha value is -2.21. The first-order valence-electron chi connectivity index (χ1n) is 7.12. The van der Waals surface area contributed by atoms with E-state index in [1.54, 1.807) is 5.38 Å². The number of aromatic nitrogens is 1. The molecule has 0 aliphatic rings. The molecule has 0 bridgehead atoms. The number of amides is 1. The molecule has 22 heavy (non-hydrogen) atoms. The van der Waals surface area contributed by atoms with Crippen molar-refractivity contribution >= 4 is 23.2 Å². The van der Waals surface area contributed by atoms with Crippen LogP contribution in [0.2, 0.25) is 0 Å². The summed E-state index contributed by atoms with van der Waals surface area (Å²) in [5.74, 6) is -1.45. The molecule has 0 saturated heterocycles. The van der Waals surface area contributed by atoms with Crippen molar-refractivity contribution in [1.82, 2.24) is 10.3 Å². The van der Waals surface area contributed by atoms with E-state index in [1.165, 1.54) is 11.3 Å². The number of nitrogens with zero attached hydrogens (tertiary/aromatic N) is 1. The molecule has 0 spiro atoms. The van der Waals surface area contributed by atoms with Gasteiger partial charge in [0.25, 0.3) is 5.91 Å². The molecule has 2 rings (SSSR count). The van der Waals surface area contributed by atoms with Crippen molar-refractivity contribution in [2.24, 2.45) is 0 Å². The van der Waals surface area contributed by atoms with Crippen molar-refractivity contribution in [1.29, 1.82) is 0 Å². The number of carbonyl (C=O) groups excluding carboxylic acids is 1. The van der Waals surface area contributed by atoms with Gasteiger partial charge in [0.15, 0.2) is 0 Å². The summed E-state index contributed by atoms with van der Waals surface area (Å²) >= 11 is 1.40. The number of hydrogen-bond acceptors (Lipinski definition) is 4. The quantitative estimate of drug-likeness (QED) is 0.822. The molecule has 0 radical (unpaired) electrons. The van der Waals surface area contributed by atoms with Crippen LogP contribution in [0.5, 0.6) is 0 Å². The van der Waals surface area contributed by atoms with Crippen LogP contribution in [0, 0.1) is 0 Å². The van der Waals surface area contributed by atoms with Gasteiger partial charge in [0, 0.05) is 11.8 Å². The third kappa shape index (κ3) is 4.39. The normalized spacial score (nSPS) is 11.9. The molecule has 0 fully saturated rings. The highest BCUT2D eigenvalue weighted by Gasteiger charge is 2.21. The van der Waals surface area contributed by atoms with Crippen LogP contribution in [0.1, 0.15) is 40.8 Å². The Morgan fingerprint density at radius 2 is 2.05 bits per heavy atom. The highest BCUT2D eigenvalue weighted by molar-refractivity contribution is 7.09. The van der Waals surface area contributed by atoms with Crippen LogP contribution < -0.4 is 5.32 Å². The molecule has 1 unspecified atom stereocenters. The SMILES string of the molecule is CCCC(NC(=O)c1csc(Cc2ccccc2)n1)C(=O)O. The lowest BCUT2D eigenvalue weighted by molar-refractivity contribution is -0.139. The van der Waals surface area contributed by atoms with E-state index in [0.29, 0.717) is 19.3 Å². The first-order chi connectivity index (χ1) is 10.6.